The second-order valence-electron chi connectivity index (χ2n) is 9.44. The van der Waals surface area contributed by atoms with E-state index in [1.807, 2.05) is 6.07 Å². The van der Waals surface area contributed by atoms with Gasteiger partial charge in [0.1, 0.15) is 35.6 Å². The van der Waals surface area contributed by atoms with Crippen LogP contribution in [0.15, 0.2) is 79.1 Å². The topological polar surface area (TPSA) is 123 Å². The summed E-state index contributed by atoms with van der Waals surface area (Å²) in [7, 11) is 0. The van der Waals surface area contributed by atoms with Crippen LogP contribution in [-0.4, -0.2) is 35.3 Å². The van der Waals surface area contributed by atoms with Crippen LogP contribution in [0.2, 0.25) is 0 Å². The van der Waals surface area contributed by atoms with E-state index in [1.165, 1.54) is 12.3 Å². The molecule has 0 aliphatic carbocycles. The first-order valence-corrected chi connectivity index (χ1v) is 12.5. The average Bonchev–Trinajstić information content (AvgIpc) is 3.48. The molecule has 6 rings (SSSR count). The highest BCUT2D eigenvalue weighted by atomic mass is 19.3. The number of halogens is 3. The standard InChI is InChI=1S/C30H18F3N7O2/c31-22-7-11-26-25(13-22)28-37-38-39-40(28)18-29(26,41)30(32,33)27-12-6-20(15-36-27)2-1-19-4-9-24(10-5-19)42-17-21-3-8-23(14-34)35-16-21/h3-13,15-16,41H,17-18H2. The van der Waals surface area contributed by atoms with Crippen molar-refractivity contribution >= 4 is 0 Å². The molecule has 0 amide bonds. The van der Waals surface area contributed by atoms with Crippen LogP contribution in [0.3, 0.4) is 0 Å². The Morgan fingerprint density at radius 3 is 2.48 bits per heavy atom. The number of nitrogens with zero attached hydrogens (tertiary/aromatic N) is 7. The van der Waals surface area contributed by atoms with Crippen molar-refractivity contribution in [1.29, 1.82) is 5.26 Å². The lowest BCUT2D eigenvalue weighted by atomic mass is 9.80. The van der Waals surface area contributed by atoms with Gasteiger partial charge in [0.05, 0.1) is 6.54 Å². The SMILES string of the molecule is N#Cc1ccc(COc2ccc(C#Cc3ccc(C(F)(F)C4(O)Cn5nnnc5-c5cc(F)ccc54)nc3)cc2)cn1. The Bertz CT molecular complexity index is 1870. The molecule has 1 aliphatic heterocycles. The summed E-state index contributed by atoms with van der Waals surface area (Å²) >= 11 is 0. The van der Waals surface area contributed by atoms with Crippen molar-refractivity contribution in [2.24, 2.45) is 0 Å². The van der Waals surface area contributed by atoms with E-state index in [-0.39, 0.29) is 23.6 Å². The highest BCUT2D eigenvalue weighted by molar-refractivity contribution is 5.64. The summed E-state index contributed by atoms with van der Waals surface area (Å²) < 4.78 is 52.5. The molecule has 1 aliphatic rings. The number of hydrogen-bond acceptors (Lipinski definition) is 8. The molecular weight excluding hydrogens is 547 g/mol. The number of ether oxygens (including phenoxy) is 1. The van der Waals surface area contributed by atoms with Crippen LogP contribution in [0.4, 0.5) is 13.2 Å². The van der Waals surface area contributed by atoms with Crippen molar-refractivity contribution in [3.8, 4) is 35.0 Å². The van der Waals surface area contributed by atoms with Gasteiger partial charge in [-0.25, -0.2) is 14.1 Å². The highest BCUT2D eigenvalue weighted by Gasteiger charge is 2.59. The van der Waals surface area contributed by atoms with Gasteiger partial charge in [-0.15, -0.1) is 5.10 Å². The number of alkyl halides is 2. The van der Waals surface area contributed by atoms with Crippen LogP contribution in [0.1, 0.15) is 33.6 Å². The molecule has 206 valence electrons. The maximum atomic E-state index is 15.9. The minimum Gasteiger partial charge on any atom is -0.489 e. The largest absolute Gasteiger partial charge is 0.489 e. The zero-order valence-electron chi connectivity index (χ0n) is 21.5. The molecule has 0 spiro atoms. The molecule has 0 bridgehead atoms. The summed E-state index contributed by atoms with van der Waals surface area (Å²) in [5.41, 5.74) is -1.54. The predicted molar refractivity (Wildman–Crippen MR) is 141 cm³/mol. The van der Waals surface area contributed by atoms with E-state index in [0.717, 1.165) is 34.5 Å². The average molecular weight is 566 g/mol. The third-order valence-corrected chi connectivity index (χ3v) is 6.73. The first-order chi connectivity index (χ1) is 20.3. The quantitative estimate of drug-likeness (QED) is 0.316. The fraction of sp³-hybridized carbons (Fsp3) is 0.133. The molecule has 4 heterocycles. The molecule has 0 fully saturated rings. The fourth-order valence-electron chi connectivity index (χ4n) is 4.52. The molecule has 1 N–H and O–H groups in total. The highest BCUT2D eigenvalue weighted by Crippen LogP contribution is 2.50. The van der Waals surface area contributed by atoms with Crippen molar-refractivity contribution in [2.45, 2.75) is 24.7 Å². The first kappa shape index (κ1) is 26.6. The third kappa shape index (κ3) is 4.80. The summed E-state index contributed by atoms with van der Waals surface area (Å²) in [4.78, 5) is 7.91. The van der Waals surface area contributed by atoms with E-state index < -0.39 is 29.6 Å². The van der Waals surface area contributed by atoms with E-state index in [2.05, 4.69) is 37.3 Å². The van der Waals surface area contributed by atoms with Crippen LogP contribution in [0.5, 0.6) is 5.75 Å². The van der Waals surface area contributed by atoms with Crippen LogP contribution in [0, 0.1) is 29.0 Å². The lowest BCUT2D eigenvalue weighted by Crippen LogP contribution is -2.49. The number of pyridine rings is 2. The number of aliphatic hydroxyl groups is 1. The Hall–Kier alpha value is -5.59. The number of benzene rings is 2. The Morgan fingerprint density at radius 1 is 0.976 bits per heavy atom. The van der Waals surface area contributed by atoms with E-state index in [0.29, 0.717) is 22.6 Å². The lowest BCUT2D eigenvalue weighted by Gasteiger charge is -2.39. The van der Waals surface area contributed by atoms with E-state index in [4.69, 9.17) is 10.00 Å². The Morgan fingerprint density at radius 2 is 1.76 bits per heavy atom. The number of tetrazole rings is 1. The van der Waals surface area contributed by atoms with E-state index >= 15 is 8.78 Å². The molecule has 1 unspecified atom stereocenters. The van der Waals surface area contributed by atoms with Gasteiger partial charge >= 0.3 is 5.92 Å². The molecule has 9 nitrogen and oxygen atoms in total. The van der Waals surface area contributed by atoms with E-state index in [9.17, 15) is 9.50 Å². The fourth-order valence-corrected chi connectivity index (χ4v) is 4.52. The van der Waals surface area contributed by atoms with Gasteiger partial charge in [0, 0.05) is 40.2 Å². The lowest BCUT2D eigenvalue weighted by molar-refractivity contribution is -0.207. The van der Waals surface area contributed by atoms with Gasteiger partial charge in [0.2, 0.25) is 0 Å². The van der Waals surface area contributed by atoms with Gasteiger partial charge in [0.15, 0.2) is 11.4 Å². The van der Waals surface area contributed by atoms with Crippen LogP contribution in [0.25, 0.3) is 11.4 Å². The molecule has 0 saturated carbocycles. The minimum atomic E-state index is -3.89. The molecule has 3 aromatic heterocycles. The third-order valence-electron chi connectivity index (χ3n) is 6.73. The van der Waals surface area contributed by atoms with Crippen molar-refractivity contribution in [2.75, 3.05) is 0 Å². The van der Waals surface area contributed by atoms with Gasteiger partial charge in [0.25, 0.3) is 0 Å². The number of nitriles is 1. The summed E-state index contributed by atoms with van der Waals surface area (Å²) in [6.07, 6.45) is 2.77. The van der Waals surface area contributed by atoms with Crippen LogP contribution >= 0.6 is 0 Å². The summed E-state index contributed by atoms with van der Waals surface area (Å²) in [6, 6.07) is 17.9. The molecule has 5 aromatic rings. The molecule has 12 heteroatoms. The second kappa shape index (κ2) is 10.4. The molecular formula is C30H18F3N7O2. The van der Waals surface area contributed by atoms with Crippen LogP contribution < -0.4 is 4.74 Å². The molecule has 2 aromatic carbocycles. The first-order valence-electron chi connectivity index (χ1n) is 12.5. The summed E-state index contributed by atoms with van der Waals surface area (Å²) in [5.74, 6) is 1.94. The summed E-state index contributed by atoms with van der Waals surface area (Å²) in [6.45, 7) is -0.380. The van der Waals surface area contributed by atoms with Gasteiger partial charge in [-0.3, -0.25) is 4.98 Å². The number of fused-ring (bicyclic) bond motifs is 3. The Kier molecular flexibility index (Phi) is 6.61. The normalized spacial score (nSPS) is 15.5. The zero-order valence-corrected chi connectivity index (χ0v) is 21.5. The zero-order chi connectivity index (χ0) is 29.3. The van der Waals surface area contributed by atoms with E-state index in [1.54, 1.807) is 42.6 Å². The number of hydrogen-bond donors (Lipinski definition) is 1. The monoisotopic (exact) mass is 565 g/mol. The number of rotatable bonds is 5. The van der Waals surface area contributed by atoms with Gasteiger partial charge in [-0.2, -0.15) is 14.0 Å². The molecule has 0 saturated heterocycles. The van der Waals surface area contributed by atoms with Crippen molar-refractivity contribution < 1.29 is 23.0 Å². The van der Waals surface area contributed by atoms with Crippen molar-refractivity contribution in [3.05, 3.63) is 119 Å². The maximum absolute atomic E-state index is 15.9. The van der Waals surface area contributed by atoms with Gasteiger partial charge < -0.3 is 9.84 Å². The summed E-state index contributed by atoms with van der Waals surface area (Å²) in [5, 5.41) is 31.1. The second-order valence-corrected chi connectivity index (χ2v) is 9.44. The molecule has 42 heavy (non-hydrogen) atoms. The Balaban J connectivity index is 1.17. The number of aromatic nitrogens is 6. The molecule has 0 radical (unpaired) electrons. The minimum absolute atomic E-state index is 0.0291. The predicted octanol–water partition coefficient (Wildman–Crippen LogP) is 4.11. The van der Waals surface area contributed by atoms with Gasteiger partial charge in [-0.05, 0) is 65.0 Å². The molecule has 1 atom stereocenters. The van der Waals surface area contributed by atoms with Crippen LogP contribution in [-0.2, 0) is 24.7 Å². The Labute approximate surface area is 236 Å². The smallest absolute Gasteiger partial charge is 0.323 e. The van der Waals surface area contributed by atoms with Gasteiger partial charge in [-0.1, -0.05) is 24.0 Å². The maximum Gasteiger partial charge on any atom is 0.323 e. The van der Waals surface area contributed by atoms with Crippen molar-refractivity contribution in [3.63, 3.8) is 0 Å². The van der Waals surface area contributed by atoms with Crippen molar-refractivity contribution in [1.82, 2.24) is 30.2 Å².